The van der Waals surface area contributed by atoms with Gasteiger partial charge in [-0.25, -0.2) is 0 Å². The highest BCUT2D eigenvalue weighted by atomic mass is 16.5. The standard InChI is InChI=1S/C14H16N4O/c1-9-7-13(14(19-2)8-12(9)16)18-17-11-5-3-10(15)4-6-11/h3-8H,15-16H2,1-2H3. The number of aryl methyl sites for hydroxylation is 1. The number of nitrogens with two attached hydrogens (primary N) is 2. The van der Waals surface area contributed by atoms with E-state index >= 15 is 0 Å². The van der Waals surface area contributed by atoms with Crippen LogP contribution in [0.3, 0.4) is 0 Å². The Labute approximate surface area is 111 Å². The number of rotatable bonds is 3. The molecule has 0 saturated heterocycles. The SMILES string of the molecule is COc1cc(N)c(C)cc1N=Nc1ccc(N)cc1. The fourth-order valence-electron chi connectivity index (χ4n) is 1.58. The maximum Gasteiger partial charge on any atom is 0.148 e. The number of nitrogens with zero attached hydrogens (tertiary/aromatic N) is 2. The molecule has 98 valence electrons. The summed E-state index contributed by atoms with van der Waals surface area (Å²) in [4.78, 5) is 0. The lowest BCUT2D eigenvalue weighted by molar-refractivity contribution is 0.416. The van der Waals surface area contributed by atoms with Crippen LogP contribution in [-0.2, 0) is 0 Å². The predicted octanol–water partition coefficient (Wildman–Crippen LogP) is 3.58. The van der Waals surface area contributed by atoms with E-state index in [0.717, 1.165) is 11.3 Å². The Bertz CT molecular complexity index is 606. The first kappa shape index (κ1) is 12.9. The number of hydrogen-bond donors (Lipinski definition) is 2. The number of hydrogen-bond acceptors (Lipinski definition) is 5. The molecule has 2 aromatic carbocycles. The first-order valence-corrected chi connectivity index (χ1v) is 5.81. The van der Waals surface area contributed by atoms with Crippen molar-refractivity contribution in [1.82, 2.24) is 0 Å². The number of nitrogen functional groups attached to an aromatic ring is 2. The molecule has 0 bridgehead atoms. The molecule has 0 aliphatic carbocycles. The van der Waals surface area contributed by atoms with E-state index in [1.807, 2.05) is 13.0 Å². The highest BCUT2D eigenvalue weighted by Gasteiger charge is 2.05. The second-order valence-electron chi connectivity index (χ2n) is 4.17. The van der Waals surface area contributed by atoms with Crippen molar-refractivity contribution in [3.63, 3.8) is 0 Å². The maximum absolute atomic E-state index is 5.82. The number of anilines is 2. The molecule has 0 spiro atoms. The van der Waals surface area contributed by atoms with E-state index in [-0.39, 0.29) is 0 Å². The fourth-order valence-corrected chi connectivity index (χ4v) is 1.58. The summed E-state index contributed by atoms with van der Waals surface area (Å²) in [5.74, 6) is 0.599. The topological polar surface area (TPSA) is 86.0 Å². The maximum atomic E-state index is 5.82. The lowest BCUT2D eigenvalue weighted by Gasteiger charge is -2.07. The highest BCUT2D eigenvalue weighted by molar-refractivity contribution is 5.63. The summed E-state index contributed by atoms with van der Waals surface area (Å²) in [5.41, 5.74) is 15.1. The molecule has 0 atom stereocenters. The van der Waals surface area contributed by atoms with Gasteiger partial charge in [-0.2, -0.15) is 5.11 Å². The fraction of sp³-hybridized carbons (Fsp3) is 0.143. The van der Waals surface area contributed by atoms with Crippen molar-refractivity contribution in [2.75, 3.05) is 18.6 Å². The van der Waals surface area contributed by atoms with E-state index in [4.69, 9.17) is 16.2 Å². The molecular formula is C14H16N4O. The lowest BCUT2D eigenvalue weighted by Crippen LogP contribution is -1.91. The normalized spacial score (nSPS) is 10.8. The molecule has 5 heteroatoms. The Morgan fingerprint density at radius 3 is 2.32 bits per heavy atom. The molecule has 0 aromatic heterocycles. The quantitative estimate of drug-likeness (QED) is 0.650. The summed E-state index contributed by atoms with van der Waals surface area (Å²) in [6, 6.07) is 10.7. The van der Waals surface area contributed by atoms with Gasteiger partial charge in [-0.05, 0) is 42.8 Å². The average Bonchev–Trinajstić information content (AvgIpc) is 2.41. The summed E-state index contributed by atoms with van der Waals surface area (Å²) in [6.45, 7) is 1.91. The van der Waals surface area contributed by atoms with Crippen LogP contribution in [0.2, 0.25) is 0 Å². The lowest BCUT2D eigenvalue weighted by atomic mass is 10.1. The number of ether oxygens (including phenoxy) is 1. The van der Waals surface area contributed by atoms with Crippen LogP contribution >= 0.6 is 0 Å². The van der Waals surface area contributed by atoms with Crippen LogP contribution in [0, 0.1) is 6.92 Å². The third-order valence-corrected chi connectivity index (χ3v) is 2.73. The van der Waals surface area contributed by atoms with Gasteiger partial charge in [0, 0.05) is 17.4 Å². The molecular weight excluding hydrogens is 240 g/mol. The molecule has 0 saturated carbocycles. The zero-order valence-electron chi connectivity index (χ0n) is 10.9. The van der Waals surface area contributed by atoms with Gasteiger partial charge in [0.25, 0.3) is 0 Å². The second-order valence-corrected chi connectivity index (χ2v) is 4.17. The Balaban J connectivity index is 2.32. The van der Waals surface area contributed by atoms with E-state index in [1.165, 1.54) is 0 Å². The first-order chi connectivity index (χ1) is 9.10. The van der Waals surface area contributed by atoms with E-state index < -0.39 is 0 Å². The number of benzene rings is 2. The molecule has 5 nitrogen and oxygen atoms in total. The third kappa shape index (κ3) is 3.01. The zero-order chi connectivity index (χ0) is 13.8. The van der Waals surface area contributed by atoms with Crippen molar-refractivity contribution in [1.29, 1.82) is 0 Å². The molecule has 0 aliphatic heterocycles. The van der Waals surface area contributed by atoms with Gasteiger partial charge < -0.3 is 16.2 Å². The second kappa shape index (κ2) is 5.39. The van der Waals surface area contributed by atoms with E-state index in [0.29, 0.717) is 22.8 Å². The molecule has 19 heavy (non-hydrogen) atoms. The van der Waals surface area contributed by atoms with Gasteiger partial charge in [0.1, 0.15) is 11.4 Å². The number of azo groups is 1. The Hall–Kier alpha value is -2.56. The molecule has 0 fully saturated rings. The molecule has 2 aromatic rings. The van der Waals surface area contributed by atoms with Crippen LogP contribution < -0.4 is 16.2 Å². The molecule has 4 N–H and O–H groups in total. The monoisotopic (exact) mass is 256 g/mol. The van der Waals surface area contributed by atoms with Crippen LogP contribution in [0.25, 0.3) is 0 Å². The summed E-state index contributed by atoms with van der Waals surface area (Å²) in [6.07, 6.45) is 0. The summed E-state index contributed by atoms with van der Waals surface area (Å²) in [7, 11) is 1.58. The summed E-state index contributed by atoms with van der Waals surface area (Å²) in [5, 5.41) is 8.33. The molecule has 0 heterocycles. The van der Waals surface area contributed by atoms with Gasteiger partial charge in [0.15, 0.2) is 0 Å². The smallest absolute Gasteiger partial charge is 0.148 e. The molecule has 0 radical (unpaired) electrons. The van der Waals surface area contributed by atoms with Crippen molar-refractivity contribution in [2.45, 2.75) is 6.92 Å². The Kier molecular flexibility index (Phi) is 3.66. The van der Waals surface area contributed by atoms with Crippen molar-refractivity contribution >= 4 is 22.7 Å². The van der Waals surface area contributed by atoms with Crippen molar-refractivity contribution in [2.24, 2.45) is 10.2 Å². The van der Waals surface area contributed by atoms with Crippen LogP contribution in [0.4, 0.5) is 22.7 Å². The van der Waals surface area contributed by atoms with E-state index in [1.54, 1.807) is 37.4 Å². The predicted molar refractivity (Wildman–Crippen MR) is 77.2 cm³/mol. The van der Waals surface area contributed by atoms with Crippen molar-refractivity contribution < 1.29 is 4.74 Å². The third-order valence-electron chi connectivity index (χ3n) is 2.73. The Morgan fingerprint density at radius 2 is 1.68 bits per heavy atom. The largest absolute Gasteiger partial charge is 0.494 e. The minimum absolute atomic E-state index is 0.599. The van der Waals surface area contributed by atoms with Crippen molar-refractivity contribution in [3.8, 4) is 5.75 Å². The van der Waals surface area contributed by atoms with Crippen LogP contribution in [-0.4, -0.2) is 7.11 Å². The van der Waals surface area contributed by atoms with Crippen LogP contribution in [0.5, 0.6) is 5.75 Å². The molecule has 0 amide bonds. The van der Waals surface area contributed by atoms with Gasteiger partial charge in [-0.15, -0.1) is 5.11 Å². The minimum Gasteiger partial charge on any atom is -0.494 e. The highest BCUT2D eigenvalue weighted by Crippen LogP contribution is 2.33. The van der Waals surface area contributed by atoms with Gasteiger partial charge in [0.05, 0.1) is 12.8 Å². The van der Waals surface area contributed by atoms with Gasteiger partial charge in [-0.1, -0.05) is 0 Å². The Morgan fingerprint density at radius 1 is 1.00 bits per heavy atom. The molecule has 2 rings (SSSR count). The first-order valence-electron chi connectivity index (χ1n) is 5.81. The average molecular weight is 256 g/mol. The summed E-state index contributed by atoms with van der Waals surface area (Å²) < 4.78 is 5.23. The van der Waals surface area contributed by atoms with Crippen LogP contribution in [0.1, 0.15) is 5.56 Å². The zero-order valence-corrected chi connectivity index (χ0v) is 10.9. The van der Waals surface area contributed by atoms with Crippen molar-refractivity contribution in [3.05, 3.63) is 42.0 Å². The molecule has 0 aliphatic rings. The van der Waals surface area contributed by atoms with Gasteiger partial charge in [-0.3, -0.25) is 0 Å². The van der Waals surface area contributed by atoms with E-state index in [2.05, 4.69) is 10.2 Å². The summed E-state index contributed by atoms with van der Waals surface area (Å²) >= 11 is 0. The number of methoxy groups -OCH3 is 1. The van der Waals surface area contributed by atoms with Gasteiger partial charge in [0.2, 0.25) is 0 Å². The van der Waals surface area contributed by atoms with E-state index in [9.17, 15) is 0 Å². The van der Waals surface area contributed by atoms with Crippen LogP contribution in [0.15, 0.2) is 46.6 Å². The molecule has 0 unspecified atom stereocenters. The minimum atomic E-state index is 0.599. The van der Waals surface area contributed by atoms with Gasteiger partial charge >= 0.3 is 0 Å².